The highest BCUT2D eigenvalue weighted by Gasteiger charge is 2.06. The molecule has 0 aliphatic carbocycles. The van der Waals surface area contributed by atoms with Crippen LogP contribution < -0.4 is 15.8 Å². The number of ether oxygens (including phenoxy) is 1. The van der Waals surface area contributed by atoms with Crippen LogP contribution in [0.3, 0.4) is 0 Å². The molecular weight excluding hydrogens is 192 g/mol. The van der Waals surface area contributed by atoms with Crippen LogP contribution in [0.5, 0.6) is 5.88 Å². The van der Waals surface area contributed by atoms with Gasteiger partial charge in [-0.1, -0.05) is 0 Å². The van der Waals surface area contributed by atoms with Gasteiger partial charge in [-0.2, -0.15) is 0 Å². The molecule has 3 N–H and O–H groups in total. The standard InChI is InChI=1S/C10H18N4O/c1-7(11)4-8(2)14-9-5-10(15-3)13-6-12-9/h5-8H,4,11H2,1-3H3,(H,12,13,14). The maximum Gasteiger partial charge on any atom is 0.218 e. The van der Waals surface area contributed by atoms with Crippen LogP contribution in [-0.4, -0.2) is 29.2 Å². The highest BCUT2D eigenvalue weighted by Crippen LogP contribution is 2.12. The van der Waals surface area contributed by atoms with Crippen molar-refractivity contribution in [1.29, 1.82) is 0 Å². The monoisotopic (exact) mass is 210 g/mol. The molecule has 2 atom stereocenters. The number of methoxy groups -OCH3 is 1. The first-order valence-electron chi connectivity index (χ1n) is 5.00. The summed E-state index contributed by atoms with van der Waals surface area (Å²) in [4.78, 5) is 8.02. The average Bonchev–Trinajstić information content (AvgIpc) is 2.16. The molecule has 1 rings (SSSR count). The Kier molecular flexibility index (Phi) is 4.30. The zero-order valence-electron chi connectivity index (χ0n) is 9.40. The van der Waals surface area contributed by atoms with E-state index in [0.717, 1.165) is 12.2 Å². The Morgan fingerprint density at radius 1 is 1.47 bits per heavy atom. The van der Waals surface area contributed by atoms with E-state index in [9.17, 15) is 0 Å². The van der Waals surface area contributed by atoms with E-state index < -0.39 is 0 Å². The second-order valence-electron chi connectivity index (χ2n) is 3.70. The number of nitrogens with zero attached hydrogens (tertiary/aromatic N) is 2. The number of nitrogens with one attached hydrogen (secondary N) is 1. The lowest BCUT2D eigenvalue weighted by atomic mass is 10.1. The lowest BCUT2D eigenvalue weighted by molar-refractivity contribution is 0.397. The van der Waals surface area contributed by atoms with Gasteiger partial charge in [0, 0.05) is 18.2 Å². The minimum atomic E-state index is 0.177. The molecule has 0 radical (unpaired) electrons. The second-order valence-corrected chi connectivity index (χ2v) is 3.70. The molecule has 0 spiro atoms. The molecule has 0 bridgehead atoms. The van der Waals surface area contributed by atoms with E-state index in [2.05, 4.69) is 22.2 Å². The van der Waals surface area contributed by atoms with E-state index in [1.54, 1.807) is 13.2 Å². The van der Waals surface area contributed by atoms with Gasteiger partial charge in [-0.3, -0.25) is 0 Å². The van der Waals surface area contributed by atoms with Crippen LogP contribution in [0, 0.1) is 0 Å². The first kappa shape index (κ1) is 11.7. The van der Waals surface area contributed by atoms with Crippen molar-refractivity contribution in [2.45, 2.75) is 32.4 Å². The van der Waals surface area contributed by atoms with E-state index in [1.807, 2.05) is 6.92 Å². The van der Waals surface area contributed by atoms with Crippen molar-refractivity contribution < 1.29 is 4.74 Å². The van der Waals surface area contributed by atoms with Gasteiger partial charge in [-0.05, 0) is 20.3 Å². The molecule has 1 aromatic heterocycles. The molecule has 0 fully saturated rings. The fourth-order valence-corrected chi connectivity index (χ4v) is 1.40. The van der Waals surface area contributed by atoms with E-state index in [-0.39, 0.29) is 12.1 Å². The maximum absolute atomic E-state index is 5.71. The van der Waals surface area contributed by atoms with Crippen molar-refractivity contribution >= 4 is 5.82 Å². The van der Waals surface area contributed by atoms with Crippen molar-refractivity contribution in [2.75, 3.05) is 12.4 Å². The Hall–Kier alpha value is -1.36. The number of hydrogen-bond donors (Lipinski definition) is 2. The zero-order valence-corrected chi connectivity index (χ0v) is 9.40. The molecule has 0 saturated carbocycles. The fourth-order valence-electron chi connectivity index (χ4n) is 1.40. The maximum atomic E-state index is 5.71. The minimum Gasteiger partial charge on any atom is -0.481 e. The fraction of sp³-hybridized carbons (Fsp3) is 0.600. The van der Waals surface area contributed by atoms with Gasteiger partial charge in [-0.25, -0.2) is 9.97 Å². The Morgan fingerprint density at radius 3 is 2.80 bits per heavy atom. The van der Waals surface area contributed by atoms with Crippen LogP contribution >= 0.6 is 0 Å². The van der Waals surface area contributed by atoms with E-state index in [1.165, 1.54) is 6.33 Å². The largest absolute Gasteiger partial charge is 0.481 e. The van der Waals surface area contributed by atoms with Crippen molar-refractivity contribution in [1.82, 2.24) is 9.97 Å². The summed E-state index contributed by atoms with van der Waals surface area (Å²) in [6, 6.07) is 2.22. The van der Waals surface area contributed by atoms with Crippen molar-refractivity contribution in [3.05, 3.63) is 12.4 Å². The summed E-state index contributed by atoms with van der Waals surface area (Å²) in [5, 5.41) is 3.24. The van der Waals surface area contributed by atoms with Crippen LogP contribution in [0.1, 0.15) is 20.3 Å². The molecule has 0 aliphatic rings. The Morgan fingerprint density at radius 2 is 2.20 bits per heavy atom. The Labute approximate surface area is 90.1 Å². The van der Waals surface area contributed by atoms with Gasteiger partial charge in [0.1, 0.15) is 12.1 Å². The molecular formula is C10H18N4O. The van der Waals surface area contributed by atoms with Crippen LogP contribution in [0.4, 0.5) is 5.82 Å². The summed E-state index contributed by atoms with van der Waals surface area (Å²) < 4.78 is 5.00. The highest BCUT2D eigenvalue weighted by atomic mass is 16.5. The predicted octanol–water partition coefficient (Wildman–Crippen LogP) is 1.02. The van der Waals surface area contributed by atoms with E-state index in [0.29, 0.717) is 5.88 Å². The lowest BCUT2D eigenvalue weighted by Gasteiger charge is -2.16. The molecule has 0 saturated heterocycles. The minimum absolute atomic E-state index is 0.177. The summed E-state index contributed by atoms with van der Waals surface area (Å²) in [7, 11) is 1.58. The molecule has 0 aromatic carbocycles. The quantitative estimate of drug-likeness (QED) is 0.759. The number of hydrogen-bond acceptors (Lipinski definition) is 5. The molecule has 84 valence electrons. The van der Waals surface area contributed by atoms with Gasteiger partial charge in [-0.15, -0.1) is 0 Å². The van der Waals surface area contributed by atoms with Crippen LogP contribution in [0.25, 0.3) is 0 Å². The first-order chi connectivity index (χ1) is 7.11. The van der Waals surface area contributed by atoms with Gasteiger partial charge in [0.05, 0.1) is 7.11 Å². The van der Waals surface area contributed by atoms with E-state index in [4.69, 9.17) is 10.5 Å². The Balaban J connectivity index is 2.55. The van der Waals surface area contributed by atoms with Gasteiger partial charge >= 0.3 is 0 Å². The van der Waals surface area contributed by atoms with E-state index >= 15 is 0 Å². The van der Waals surface area contributed by atoms with Crippen LogP contribution in [-0.2, 0) is 0 Å². The van der Waals surface area contributed by atoms with Gasteiger partial charge < -0.3 is 15.8 Å². The third-order valence-corrected chi connectivity index (χ3v) is 1.97. The number of aromatic nitrogens is 2. The number of anilines is 1. The van der Waals surface area contributed by atoms with Gasteiger partial charge in [0.25, 0.3) is 0 Å². The van der Waals surface area contributed by atoms with Gasteiger partial charge in [0.15, 0.2) is 0 Å². The Bertz CT molecular complexity index is 303. The van der Waals surface area contributed by atoms with Crippen molar-refractivity contribution in [3.8, 4) is 5.88 Å². The molecule has 0 aliphatic heterocycles. The topological polar surface area (TPSA) is 73.1 Å². The molecule has 15 heavy (non-hydrogen) atoms. The summed E-state index contributed by atoms with van der Waals surface area (Å²) in [6.07, 6.45) is 2.37. The summed E-state index contributed by atoms with van der Waals surface area (Å²) in [6.45, 7) is 4.05. The van der Waals surface area contributed by atoms with Crippen LogP contribution in [0.2, 0.25) is 0 Å². The third-order valence-electron chi connectivity index (χ3n) is 1.97. The molecule has 2 unspecified atom stereocenters. The molecule has 0 amide bonds. The molecule has 1 heterocycles. The lowest BCUT2D eigenvalue weighted by Crippen LogP contribution is -2.26. The summed E-state index contributed by atoms with van der Waals surface area (Å²) >= 11 is 0. The van der Waals surface area contributed by atoms with Crippen molar-refractivity contribution in [3.63, 3.8) is 0 Å². The predicted molar refractivity (Wildman–Crippen MR) is 59.9 cm³/mol. The average molecular weight is 210 g/mol. The SMILES string of the molecule is COc1cc(NC(C)CC(C)N)ncn1. The first-order valence-corrected chi connectivity index (χ1v) is 5.00. The smallest absolute Gasteiger partial charge is 0.218 e. The zero-order chi connectivity index (χ0) is 11.3. The molecule has 1 aromatic rings. The number of rotatable bonds is 5. The molecule has 5 heteroatoms. The summed E-state index contributed by atoms with van der Waals surface area (Å²) in [5.41, 5.74) is 5.71. The highest BCUT2D eigenvalue weighted by molar-refractivity contribution is 5.37. The summed E-state index contributed by atoms with van der Waals surface area (Å²) in [5.74, 6) is 1.32. The third kappa shape index (κ3) is 4.12. The number of nitrogens with two attached hydrogens (primary N) is 1. The van der Waals surface area contributed by atoms with Gasteiger partial charge in [0.2, 0.25) is 5.88 Å². The second kappa shape index (κ2) is 5.50. The van der Waals surface area contributed by atoms with Crippen LogP contribution in [0.15, 0.2) is 12.4 Å². The molecule has 5 nitrogen and oxygen atoms in total. The van der Waals surface area contributed by atoms with Crippen molar-refractivity contribution in [2.24, 2.45) is 5.73 Å². The normalized spacial score (nSPS) is 14.4.